The van der Waals surface area contributed by atoms with Crippen LogP contribution >= 0.6 is 0 Å². The fourth-order valence-electron chi connectivity index (χ4n) is 1.97. The van der Waals surface area contributed by atoms with Crippen LogP contribution in [0.2, 0.25) is 0 Å². The van der Waals surface area contributed by atoms with Gasteiger partial charge in [0.05, 0.1) is 0 Å². The molecule has 0 amide bonds. The molecule has 2 unspecified atom stereocenters. The van der Waals surface area contributed by atoms with Crippen molar-refractivity contribution in [1.29, 1.82) is 0 Å². The second-order valence-corrected chi connectivity index (χ2v) is 3.84. The number of nitrogens with zero attached hydrogens (tertiary/aromatic N) is 1. The number of piperidine rings is 1. The van der Waals surface area contributed by atoms with Crippen LogP contribution in [0.15, 0.2) is 0 Å². The van der Waals surface area contributed by atoms with E-state index in [4.69, 9.17) is 0 Å². The fraction of sp³-hybridized carbons (Fsp3) is 1.00. The zero-order valence-electron chi connectivity index (χ0n) is 8.80. The van der Waals surface area contributed by atoms with Gasteiger partial charge in [-0.25, -0.2) is 0 Å². The Morgan fingerprint density at radius 2 is 1.58 bits per heavy atom. The van der Waals surface area contributed by atoms with Gasteiger partial charge in [-0.1, -0.05) is 13.8 Å². The highest BCUT2D eigenvalue weighted by Crippen LogP contribution is 2.21. The Balaban J connectivity index is 0.000000336. The minimum atomic E-state index is 0.743. The fourth-order valence-corrected chi connectivity index (χ4v) is 1.97. The Bertz CT molecular complexity index is 118. The molecule has 0 aromatic carbocycles. The molecular formula is C10H22N2. The van der Waals surface area contributed by atoms with Crippen molar-refractivity contribution in [1.82, 2.24) is 10.2 Å². The zero-order chi connectivity index (χ0) is 9.14. The first-order valence-electron chi connectivity index (χ1n) is 5.26. The lowest BCUT2D eigenvalue weighted by molar-refractivity contribution is 0.0563. The summed E-state index contributed by atoms with van der Waals surface area (Å²) in [6.45, 7) is 11.1. The van der Waals surface area contributed by atoms with E-state index in [-0.39, 0.29) is 0 Å². The van der Waals surface area contributed by atoms with Gasteiger partial charge in [0.25, 0.3) is 0 Å². The van der Waals surface area contributed by atoms with Gasteiger partial charge in [-0.05, 0) is 20.3 Å². The first-order valence-corrected chi connectivity index (χ1v) is 5.26. The van der Waals surface area contributed by atoms with Gasteiger partial charge < -0.3 is 5.32 Å². The molecule has 3 fully saturated rings. The second kappa shape index (κ2) is 4.24. The van der Waals surface area contributed by atoms with Gasteiger partial charge in [-0.3, -0.25) is 4.90 Å². The van der Waals surface area contributed by atoms with Gasteiger partial charge in [0, 0.05) is 31.2 Å². The third-order valence-electron chi connectivity index (χ3n) is 2.68. The van der Waals surface area contributed by atoms with E-state index in [0.29, 0.717) is 0 Å². The van der Waals surface area contributed by atoms with Crippen LogP contribution in [0.1, 0.15) is 34.1 Å². The van der Waals surface area contributed by atoms with E-state index < -0.39 is 0 Å². The summed E-state index contributed by atoms with van der Waals surface area (Å²) in [7, 11) is 0. The Morgan fingerprint density at radius 3 is 1.83 bits per heavy atom. The van der Waals surface area contributed by atoms with Crippen LogP contribution in [-0.2, 0) is 0 Å². The zero-order valence-corrected chi connectivity index (χ0v) is 8.80. The molecule has 3 saturated heterocycles. The first-order chi connectivity index (χ1) is 5.75. The summed E-state index contributed by atoms with van der Waals surface area (Å²) < 4.78 is 0. The Morgan fingerprint density at radius 1 is 1.17 bits per heavy atom. The van der Waals surface area contributed by atoms with Gasteiger partial charge in [0.15, 0.2) is 0 Å². The first kappa shape index (κ1) is 10.0. The van der Waals surface area contributed by atoms with Gasteiger partial charge in [-0.2, -0.15) is 0 Å². The van der Waals surface area contributed by atoms with Gasteiger partial charge in [0.1, 0.15) is 0 Å². The lowest BCUT2D eigenvalue weighted by Crippen LogP contribution is -2.67. The van der Waals surface area contributed by atoms with E-state index in [2.05, 4.69) is 24.1 Å². The van der Waals surface area contributed by atoms with E-state index in [1.165, 1.54) is 19.5 Å². The molecule has 2 nitrogen and oxygen atoms in total. The van der Waals surface area contributed by atoms with Crippen LogP contribution in [0.3, 0.4) is 0 Å². The van der Waals surface area contributed by atoms with Crippen molar-refractivity contribution in [2.24, 2.45) is 0 Å². The molecule has 3 rings (SSSR count). The van der Waals surface area contributed by atoms with Crippen LogP contribution in [0.4, 0.5) is 0 Å². The lowest BCUT2D eigenvalue weighted by atomic mass is 9.90. The van der Waals surface area contributed by atoms with Crippen molar-refractivity contribution in [2.75, 3.05) is 13.1 Å². The highest BCUT2D eigenvalue weighted by molar-refractivity contribution is 4.98. The summed E-state index contributed by atoms with van der Waals surface area (Å²) in [6, 6.07) is 2.38. The molecule has 2 bridgehead atoms. The van der Waals surface area contributed by atoms with Crippen LogP contribution in [-0.4, -0.2) is 36.1 Å². The molecular weight excluding hydrogens is 148 g/mol. The molecule has 0 saturated carbocycles. The predicted molar refractivity (Wildman–Crippen MR) is 53.4 cm³/mol. The van der Waals surface area contributed by atoms with Crippen molar-refractivity contribution in [2.45, 2.75) is 52.2 Å². The maximum atomic E-state index is 3.52. The highest BCUT2D eigenvalue weighted by atomic mass is 15.3. The molecule has 12 heavy (non-hydrogen) atoms. The topological polar surface area (TPSA) is 15.3 Å². The minimum absolute atomic E-state index is 0.743. The summed E-state index contributed by atoms with van der Waals surface area (Å²) in [6.07, 6.45) is 1.42. The SMILES string of the molecule is CC.CC(C)N1CC2CC(C1)N2. The quantitative estimate of drug-likeness (QED) is 0.641. The smallest absolute Gasteiger partial charge is 0.0213 e. The summed E-state index contributed by atoms with van der Waals surface area (Å²) in [5.74, 6) is 0. The third-order valence-corrected chi connectivity index (χ3v) is 2.68. The average molecular weight is 170 g/mol. The molecule has 0 aromatic rings. The van der Waals surface area contributed by atoms with Crippen molar-refractivity contribution in [3.8, 4) is 0 Å². The van der Waals surface area contributed by atoms with Gasteiger partial charge in [0.2, 0.25) is 0 Å². The molecule has 0 aliphatic carbocycles. The molecule has 0 radical (unpaired) electrons. The van der Waals surface area contributed by atoms with Crippen molar-refractivity contribution in [3.05, 3.63) is 0 Å². The van der Waals surface area contributed by atoms with Crippen molar-refractivity contribution >= 4 is 0 Å². The van der Waals surface area contributed by atoms with Crippen molar-refractivity contribution < 1.29 is 0 Å². The Hall–Kier alpha value is -0.0800. The Kier molecular flexibility index (Phi) is 3.53. The van der Waals surface area contributed by atoms with E-state index in [9.17, 15) is 0 Å². The summed E-state index contributed by atoms with van der Waals surface area (Å²) >= 11 is 0. The molecule has 3 aliphatic heterocycles. The molecule has 2 heteroatoms. The normalized spacial score (nSPS) is 33.8. The number of rotatable bonds is 1. The average Bonchev–Trinajstić information content (AvgIpc) is 2.07. The van der Waals surface area contributed by atoms with Gasteiger partial charge >= 0.3 is 0 Å². The monoisotopic (exact) mass is 170 g/mol. The number of hydrogen-bond acceptors (Lipinski definition) is 2. The van der Waals surface area contributed by atoms with Gasteiger partial charge in [-0.15, -0.1) is 0 Å². The number of piperazine rings is 1. The van der Waals surface area contributed by atoms with Crippen LogP contribution in [0.25, 0.3) is 0 Å². The third kappa shape index (κ3) is 1.99. The molecule has 72 valence electrons. The molecule has 0 spiro atoms. The maximum Gasteiger partial charge on any atom is 0.0213 e. The molecule has 3 aliphatic rings. The number of nitrogens with one attached hydrogen (secondary N) is 1. The number of fused-ring (bicyclic) bond motifs is 2. The van der Waals surface area contributed by atoms with E-state index in [0.717, 1.165) is 18.1 Å². The number of hydrogen-bond donors (Lipinski definition) is 1. The molecule has 0 aromatic heterocycles. The maximum absolute atomic E-state index is 3.52. The predicted octanol–water partition coefficient (Wildman–Crippen LogP) is 1.47. The lowest BCUT2D eigenvalue weighted by Gasteiger charge is -2.49. The molecule has 2 atom stereocenters. The summed E-state index contributed by atoms with van der Waals surface area (Å²) in [5, 5.41) is 3.52. The van der Waals surface area contributed by atoms with E-state index in [1.807, 2.05) is 13.8 Å². The summed E-state index contributed by atoms with van der Waals surface area (Å²) in [5.41, 5.74) is 0. The summed E-state index contributed by atoms with van der Waals surface area (Å²) in [4.78, 5) is 2.56. The van der Waals surface area contributed by atoms with Crippen LogP contribution in [0, 0.1) is 0 Å². The van der Waals surface area contributed by atoms with Crippen LogP contribution in [0.5, 0.6) is 0 Å². The minimum Gasteiger partial charge on any atom is -0.309 e. The molecule has 1 N–H and O–H groups in total. The highest BCUT2D eigenvalue weighted by Gasteiger charge is 2.36. The molecule has 3 heterocycles. The van der Waals surface area contributed by atoms with E-state index in [1.54, 1.807) is 0 Å². The second-order valence-electron chi connectivity index (χ2n) is 3.84. The van der Waals surface area contributed by atoms with Crippen molar-refractivity contribution in [3.63, 3.8) is 0 Å². The van der Waals surface area contributed by atoms with E-state index >= 15 is 0 Å². The Labute approximate surface area is 76.3 Å². The van der Waals surface area contributed by atoms with Crippen LogP contribution < -0.4 is 5.32 Å². The standard InChI is InChI=1S/C8H16N2.C2H6/c1-6(2)10-4-7-3-8(5-10)9-7;1-2/h6-9H,3-5H2,1-2H3;1-2H3. The largest absolute Gasteiger partial charge is 0.309 e.